The van der Waals surface area contributed by atoms with Gasteiger partial charge in [0.05, 0.1) is 6.54 Å². The van der Waals surface area contributed by atoms with Gasteiger partial charge in [-0.1, -0.05) is 41.7 Å². The zero-order chi connectivity index (χ0) is 18.2. The number of thiazole rings is 1. The van der Waals surface area contributed by atoms with E-state index in [-0.39, 0.29) is 18.4 Å². The zero-order valence-corrected chi connectivity index (χ0v) is 14.7. The molecular formula is C19H17N3O3S. The van der Waals surface area contributed by atoms with Crippen LogP contribution in [0.25, 0.3) is 0 Å². The Morgan fingerprint density at radius 2 is 1.77 bits per heavy atom. The van der Waals surface area contributed by atoms with Crippen molar-refractivity contribution >= 4 is 23.2 Å². The van der Waals surface area contributed by atoms with Gasteiger partial charge in [0.1, 0.15) is 5.75 Å². The molecule has 0 aliphatic heterocycles. The molecule has 0 aliphatic rings. The van der Waals surface area contributed by atoms with Gasteiger partial charge in [0.25, 0.3) is 11.1 Å². The molecule has 0 bridgehead atoms. The van der Waals surface area contributed by atoms with Crippen LogP contribution in [0, 0.1) is 0 Å². The molecule has 7 heteroatoms. The largest absolute Gasteiger partial charge is 0.431 e. The van der Waals surface area contributed by atoms with Crippen molar-refractivity contribution in [2.75, 3.05) is 6.54 Å². The first-order valence-corrected chi connectivity index (χ1v) is 8.85. The lowest BCUT2D eigenvalue weighted by atomic mass is 10.2. The second-order valence-corrected chi connectivity index (χ2v) is 6.23. The Balaban J connectivity index is 1.42. The van der Waals surface area contributed by atoms with E-state index in [2.05, 4.69) is 15.6 Å². The predicted molar refractivity (Wildman–Crippen MR) is 99.3 cm³/mol. The Morgan fingerprint density at radius 1 is 1.00 bits per heavy atom. The fourth-order valence-corrected chi connectivity index (χ4v) is 2.66. The highest BCUT2D eigenvalue weighted by Gasteiger charge is 2.07. The van der Waals surface area contributed by atoms with Gasteiger partial charge in [-0.05, 0) is 29.8 Å². The zero-order valence-electron chi connectivity index (χ0n) is 13.8. The fourth-order valence-electron chi connectivity index (χ4n) is 2.15. The third-order valence-corrected chi connectivity index (χ3v) is 4.12. The maximum absolute atomic E-state index is 11.9. The molecule has 0 aliphatic carbocycles. The van der Waals surface area contributed by atoms with E-state index >= 15 is 0 Å². The van der Waals surface area contributed by atoms with E-state index < -0.39 is 0 Å². The van der Waals surface area contributed by atoms with Crippen LogP contribution in [0.4, 0.5) is 0 Å². The quantitative estimate of drug-likeness (QED) is 0.673. The summed E-state index contributed by atoms with van der Waals surface area (Å²) in [6.07, 6.45) is 1.68. The maximum atomic E-state index is 11.9. The minimum Gasteiger partial charge on any atom is -0.431 e. The molecule has 2 amide bonds. The molecule has 2 aromatic carbocycles. The van der Waals surface area contributed by atoms with Gasteiger partial charge >= 0.3 is 0 Å². The topological polar surface area (TPSA) is 80.3 Å². The second-order valence-electron chi connectivity index (χ2n) is 5.37. The molecule has 0 saturated carbocycles. The lowest BCUT2D eigenvalue weighted by molar-refractivity contribution is -0.120. The molecule has 3 aromatic rings. The smallest absolute Gasteiger partial charge is 0.278 e. The van der Waals surface area contributed by atoms with Gasteiger partial charge in [0, 0.05) is 23.7 Å². The summed E-state index contributed by atoms with van der Waals surface area (Å²) in [7, 11) is 0. The Morgan fingerprint density at radius 3 is 2.46 bits per heavy atom. The van der Waals surface area contributed by atoms with E-state index in [9.17, 15) is 9.59 Å². The molecule has 1 aromatic heterocycles. The lowest BCUT2D eigenvalue weighted by Gasteiger charge is -2.08. The van der Waals surface area contributed by atoms with E-state index in [1.807, 2.05) is 35.7 Å². The number of hydrogen-bond acceptors (Lipinski definition) is 5. The van der Waals surface area contributed by atoms with Crippen molar-refractivity contribution in [2.24, 2.45) is 0 Å². The molecule has 0 atom stereocenters. The molecule has 0 fully saturated rings. The summed E-state index contributed by atoms with van der Waals surface area (Å²) in [6.45, 7) is 0.302. The lowest BCUT2D eigenvalue weighted by Crippen LogP contribution is -2.36. The normalized spacial score (nSPS) is 10.2. The number of aromatic nitrogens is 1. The summed E-state index contributed by atoms with van der Waals surface area (Å²) < 4.78 is 5.58. The van der Waals surface area contributed by atoms with Gasteiger partial charge in [-0.2, -0.15) is 0 Å². The number of nitrogens with zero attached hydrogens (tertiary/aromatic N) is 1. The van der Waals surface area contributed by atoms with Crippen molar-refractivity contribution in [2.45, 2.75) is 6.54 Å². The number of carbonyl (C=O) groups is 2. The van der Waals surface area contributed by atoms with E-state index in [0.717, 1.165) is 5.56 Å². The van der Waals surface area contributed by atoms with Crippen LogP contribution in [0.3, 0.4) is 0 Å². The van der Waals surface area contributed by atoms with Gasteiger partial charge in [-0.25, -0.2) is 4.98 Å². The third-order valence-electron chi connectivity index (χ3n) is 3.47. The minimum absolute atomic E-state index is 0.0705. The highest BCUT2D eigenvalue weighted by atomic mass is 32.1. The van der Waals surface area contributed by atoms with E-state index in [1.54, 1.807) is 30.5 Å². The maximum Gasteiger partial charge on any atom is 0.278 e. The molecule has 26 heavy (non-hydrogen) atoms. The van der Waals surface area contributed by atoms with Crippen LogP contribution in [0.15, 0.2) is 66.2 Å². The van der Waals surface area contributed by atoms with Gasteiger partial charge in [-0.15, -0.1) is 0 Å². The summed E-state index contributed by atoms with van der Waals surface area (Å²) in [5.41, 5.74) is 1.45. The first kappa shape index (κ1) is 17.6. The molecule has 0 saturated heterocycles. The molecule has 0 spiro atoms. The van der Waals surface area contributed by atoms with Crippen molar-refractivity contribution in [3.63, 3.8) is 0 Å². The Kier molecular flexibility index (Phi) is 5.95. The summed E-state index contributed by atoms with van der Waals surface area (Å²) >= 11 is 1.42. The van der Waals surface area contributed by atoms with E-state index in [4.69, 9.17) is 4.74 Å². The van der Waals surface area contributed by atoms with Crippen molar-refractivity contribution in [3.8, 4) is 10.9 Å². The van der Waals surface area contributed by atoms with Crippen LogP contribution in [-0.2, 0) is 11.3 Å². The van der Waals surface area contributed by atoms with Gasteiger partial charge < -0.3 is 15.4 Å². The van der Waals surface area contributed by atoms with Gasteiger partial charge in [0.2, 0.25) is 5.91 Å². The first-order chi connectivity index (χ1) is 12.7. The summed E-state index contributed by atoms with van der Waals surface area (Å²) in [4.78, 5) is 27.8. The Labute approximate surface area is 154 Å². The highest BCUT2D eigenvalue weighted by Crippen LogP contribution is 2.23. The van der Waals surface area contributed by atoms with Gasteiger partial charge in [0.15, 0.2) is 0 Å². The average Bonchev–Trinajstić information content (AvgIpc) is 3.19. The summed E-state index contributed by atoms with van der Waals surface area (Å²) in [6, 6.07) is 16.1. The Hall–Kier alpha value is -3.19. The van der Waals surface area contributed by atoms with Gasteiger partial charge in [-0.3, -0.25) is 9.59 Å². The molecule has 6 nitrogen and oxygen atoms in total. The molecule has 2 N–H and O–H groups in total. The first-order valence-electron chi connectivity index (χ1n) is 7.97. The number of benzene rings is 2. The minimum atomic E-state index is -0.274. The number of rotatable bonds is 7. The fraction of sp³-hybridized carbons (Fsp3) is 0.105. The molecule has 3 rings (SSSR count). The average molecular weight is 367 g/mol. The SMILES string of the molecule is O=C(CNC(=O)c1ccccc1)NCc1ccc(Oc2nccs2)cc1. The second kappa shape index (κ2) is 8.77. The van der Waals surface area contributed by atoms with Crippen LogP contribution >= 0.6 is 11.3 Å². The van der Waals surface area contributed by atoms with Crippen LogP contribution in [0.1, 0.15) is 15.9 Å². The van der Waals surface area contributed by atoms with E-state index in [0.29, 0.717) is 23.1 Å². The number of hydrogen-bond donors (Lipinski definition) is 2. The highest BCUT2D eigenvalue weighted by molar-refractivity contribution is 7.11. The van der Waals surface area contributed by atoms with Crippen molar-refractivity contribution in [3.05, 3.63) is 77.3 Å². The molecule has 0 radical (unpaired) electrons. The summed E-state index contributed by atoms with van der Waals surface area (Å²) in [5, 5.41) is 7.78. The molecule has 0 unspecified atom stereocenters. The standard InChI is InChI=1S/C19H17N3O3S/c23-17(13-22-18(24)15-4-2-1-3-5-15)21-12-14-6-8-16(9-7-14)25-19-20-10-11-26-19/h1-11H,12-13H2,(H,21,23)(H,22,24). The van der Waals surface area contributed by atoms with Crippen LogP contribution in [0.2, 0.25) is 0 Å². The molecule has 1 heterocycles. The monoisotopic (exact) mass is 367 g/mol. The van der Waals surface area contributed by atoms with Crippen LogP contribution in [-0.4, -0.2) is 23.3 Å². The Bertz CT molecular complexity index is 850. The number of amides is 2. The predicted octanol–water partition coefficient (Wildman–Crippen LogP) is 2.98. The molecular weight excluding hydrogens is 350 g/mol. The van der Waals surface area contributed by atoms with Crippen molar-refractivity contribution < 1.29 is 14.3 Å². The number of nitrogens with one attached hydrogen (secondary N) is 2. The molecule has 132 valence electrons. The number of carbonyl (C=O) groups excluding carboxylic acids is 2. The van der Waals surface area contributed by atoms with Crippen molar-refractivity contribution in [1.29, 1.82) is 0 Å². The third kappa shape index (κ3) is 5.15. The number of ether oxygens (including phenoxy) is 1. The van der Waals surface area contributed by atoms with Crippen LogP contribution in [0.5, 0.6) is 10.9 Å². The summed E-state index contributed by atoms with van der Waals surface area (Å²) in [5.74, 6) is 0.159. The van der Waals surface area contributed by atoms with Crippen molar-refractivity contribution in [1.82, 2.24) is 15.6 Å². The van der Waals surface area contributed by atoms with Crippen LogP contribution < -0.4 is 15.4 Å². The van der Waals surface area contributed by atoms with E-state index in [1.165, 1.54) is 11.3 Å².